The van der Waals surface area contributed by atoms with Crippen molar-refractivity contribution in [2.45, 2.75) is 38.3 Å². The molecule has 1 aliphatic heterocycles. The summed E-state index contributed by atoms with van der Waals surface area (Å²) in [5.74, 6) is -1.45. The highest BCUT2D eigenvalue weighted by Crippen LogP contribution is 2.37. The van der Waals surface area contributed by atoms with E-state index in [1.54, 1.807) is 6.07 Å². The minimum Gasteiger partial charge on any atom is -0.487 e. The number of fused-ring (bicyclic) bond motifs is 1. The fraction of sp³-hybridized carbons (Fsp3) is 0.259. The first-order valence-corrected chi connectivity index (χ1v) is 11.9. The third-order valence-corrected chi connectivity index (χ3v) is 6.59. The van der Waals surface area contributed by atoms with Gasteiger partial charge in [0, 0.05) is 28.5 Å². The molecule has 1 atom stereocenters. The first-order chi connectivity index (χ1) is 16.6. The van der Waals surface area contributed by atoms with Crippen LogP contribution in [0, 0.1) is 5.82 Å². The average Bonchev–Trinajstić information content (AvgIpc) is 3.12. The molecule has 0 spiro atoms. The predicted molar refractivity (Wildman–Crippen MR) is 133 cm³/mol. The van der Waals surface area contributed by atoms with Crippen LogP contribution < -0.4 is 4.74 Å². The standard InChI is InChI=1S/C27H24Cl2FNO4/c1-27(13-17-5-8-20(28)9-6-17)14-19-11-18(7-10-24(19)35-27)12-25(32)31(16-26(33)34)15-21-22(29)3-2-4-23(21)30/h2-11H,12-16H2,1H3,(H,33,34)/t27-/m0/s1. The van der Waals surface area contributed by atoms with E-state index in [4.69, 9.17) is 27.9 Å². The van der Waals surface area contributed by atoms with Crippen LogP contribution in [0.5, 0.6) is 5.75 Å². The lowest BCUT2D eigenvalue weighted by atomic mass is 9.91. The van der Waals surface area contributed by atoms with Gasteiger partial charge in [-0.25, -0.2) is 4.39 Å². The van der Waals surface area contributed by atoms with Gasteiger partial charge in [-0.1, -0.05) is 53.5 Å². The van der Waals surface area contributed by atoms with Gasteiger partial charge in [0.15, 0.2) is 0 Å². The molecule has 5 nitrogen and oxygen atoms in total. The van der Waals surface area contributed by atoms with Crippen LogP contribution in [0.15, 0.2) is 60.7 Å². The van der Waals surface area contributed by atoms with Crippen molar-refractivity contribution in [1.82, 2.24) is 4.90 Å². The maximum absolute atomic E-state index is 14.2. The van der Waals surface area contributed by atoms with Gasteiger partial charge < -0.3 is 14.7 Å². The van der Waals surface area contributed by atoms with Crippen molar-refractivity contribution in [3.05, 3.63) is 98.8 Å². The highest BCUT2D eigenvalue weighted by atomic mass is 35.5. The van der Waals surface area contributed by atoms with E-state index in [-0.39, 0.29) is 23.6 Å². The normalized spacial score (nSPS) is 16.5. The van der Waals surface area contributed by atoms with Gasteiger partial charge in [-0.3, -0.25) is 9.59 Å². The van der Waals surface area contributed by atoms with Gasteiger partial charge in [0.1, 0.15) is 23.7 Å². The van der Waals surface area contributed by atoms with Crippen LogP contribution in [-0.4, -0.2) is 34.0 Å². The van der Waals surface area contributed by atoms with E-state index >= 15 is 0 Å². The number of carboxylic acids is 1. The number of hydrogen-bond donors (Lipinski definition) is 1. The number of aliphatic carboxylic acids is 1. The Morgan fingerprint density at radius 2 is 1.80 bits per heavy atom. The molecule has 0 saturated carbocycles. The smallest absolute Gasteiger partial charge is 0.323 e. The van der Waals surface area contributed by atoms with Crippen molar-refractivity contribution < 1.29 is 23.8 Å². The topological polar surface area (TPSA) is 66.8 Å². The maximum atomic E-state index is 14.2. The first kappa shape index (κ1) is 25.0. The Morgan fingerprint density at radius 3 is 2.49 bits per heavy atom. The van der Waals surface area contributed by atoms with Crippen LogP contribution in [0.1, 0.15) is 29.2 Å². The number of rotatable bonds is 8. The van der Waals surface area contributed by atoms with Gasteiger partial charge >= 0.3 is 5.97 Å². The fourth-order valence-electron chi connectivity index (χ4n) is 4.37. The number of amides is 1. The molecule has 0 fully saturated rings. The summed E-state index contributed by atoms with van der Waals surface area (Å²) in [6.07, 6.45) is 1.33. The summed E-state index contributed by atoms with van der Waals surface area (Å²) in [4.78, 5) is 25.5. The number of ether oxygens (including phenoxy) is 1. The van der Waals surface area contributed by atoms with Crippen LogP contribution in [0.3, 0.4) is 0 Å². The van der Waals surface area contributed by atoms with E-state index in [1.807, 2.05) is 43.3 Å². The van der Waals surface area contributed by atoms with E-state index in [0.717, 1.165) is 27.3 Å². The lowest BCUT2D eigenvalue weighted by Crippen LogP contribution is -2.36. The Labute approximate surface area is 213 Å². The molecule has 0 saturated heterocycles. The van der Waals surface area contributed by atoms with Crippen LogP contribution in [0.25, 0.3) is 0 Å². The maximum Gasteiger partial charge on any atom is 0.323 e. The molecule has 4 rings (SSSR count). The molecule has 182 valence electrons. The Hall–Kier alpha value is -3.09. The number of halogens is 3. The summed E-state index contributed by atoms with van der Waals surface area (Å²) in [6, 6.07) is 17.4. The number of carbonyl (C=O) groups is 2. The Bertz CT molecular complexity index is 1240. The minimum atomic E-state index is -1.19. The molecule has 35 heavy (non-hydrogen) atoms. The van der Waals surface area contributed by atoms with Gasteiger partial charge in [-0.05, 0) is 53.9 Å². The second-order valence-corrected chi connectivity index (χ2v) is 9.84. The van der Waals surface area contributed by atoms with E-state index in [2.05, 4.69) is 0 Å². The molecule has 1 N–H and O–H groups in total. The van der Waals surface area contributed by atoms with Gasteiger partial charge in [-0.15, -0.1) is 0 Å². The zero-order chi connectivity index (χ0) is 25.2. The van der Waals surface area contributed by atoms with Crippen LogP contribution in [-0.2, 0) is 35.4 Å². The Morgan fingerprint density at radius 1 is 1.09 bits per heavy atom. The second kappa shape index (κ2) is 10.3. The molecule has 3 aromatic rings. The van der Waals surface area contributed by atoms with E-state index in [9.17, 15) is 19.1 Å². The average molecular weight is 516 g/mol. The van der Waals surface area contributed by atoms with E-state index in [0.29, 0.717) is 17.9 Å². The molecule has 1 aliphatic rings. The lowest BCUT2D eigenvalue weighted by Gasteiger charge is -2.24. The van der Waals surface area contributed by atoms with Crippen molar-refractivity contribution >= 4 is 35.1 Å². The lowest BCUT2D eigenvalue weighted by molar-refractivity contribution is -0.144. The summed E-state index contributed by atoms with van der Waals surface area (Å²) in [5.41, 5.74) is 2.47. The molecular formula is C27H24Cl2FNO4. The Kier molecular flexibility index (Phi) is 7.33. The number of nitrogens with zero attached hydrogens (tertiary/aromatic N) is 1. The number of carbonyl (C=O) groups excluding carboxylic acids is 1. The summed E-state index contributed by atoms with van der Waals surface area (Å²) in [7, 11) is 0. The molecule has 1 heterocycles. The molecule has 0 unspecified atom stereocenters. The third kappa shape index (κ3) is 6.13. The number of hydrogen-bond acceptors (Lipinski definition) is 3. The zero-order valence-corrected chi connectivity index (χ0v) is 20.6. The molecule has 1 amide bonds. The molecule has 0 aliphatic carbocycles. The zero-order valence-electron chi connectivity index (χ0n) is 19.1. The Balaban J connectivity index is 1.47. The van der Waals surface area contributed by atoms with Crippen LogP contribution in [0.2, 0.25) is 10.0 Å². The van der Waals surface area contributed by atoms with Gasteiger partial charge in [-0.2, -0.15) is 0 Å². The summed E-state index contributed by atoms with van der Waals surface area (Å²) in [6.45, 7) is 1.25. The van der Waals surface area contributed by atoms with Crippen molar-refractivity contribution in [3.8, 4) is 5.75 Å². The molecule has 8 heteroatoms. The predicted octanol–water partition coefficient (Wildman–Crippen LogP) is 5.72. The van der Waals surface area contributed by atoms with Crippen LogP contribution >= 0.6 is 23.2 Å². The van der Waals surface area contributed by atoms with E-state index < -0.39 is 29.8 Å². The monoisotopic (exact) mass is 515 g/mol. The third-order valence-electron chi connectivity index (χ3n) is 5.98. The molecule has 0 aromatic heterocycles. The van der Waals surface area contributed by atoms with Gasteiger partial charge in [0.2, 0.25) is 5.91 Å². The molecular weight excluding hydrogens is 492 g/mol. The number of carboxylic acid groups (broad SMARTS) is 1. The summed E-state index contributed by atoms with van der Waals surface area (Å²) >= 11 is 12.1. The van der Waals surface area contributed by atoms with E-state index in [1.165, 1.54) is 18.2 Å². The minimum absolute atomic E-state index is 0.0273. The molecule has 3 aromatic carbocycles. The largest absolute Gasteiger partial charge is 0.487 e. The SMILES string of the molecule is C[C@]1(Cc2ccc(Cl)cc2)Cc2cc(CC(=O)N(CC(=O)O)Cc3c(F)cccc3Cl)ccc2O1. The van der Waals surface area contributed by atoms with Crippen molar-refractivity contribution in [1.29, 1.82) is 0 Å². The second-order valence-electron chi connectivity index (χ2n) is 8.99. The number of benzene rings is 3. The van der Waals surface area contributed by atoms with Crippen LogP contribution in [0.4, 0.5) is 4.39 Å². The highest BCUT2D eigenvalue weighted by Gasteiger charge is 2.35. The molecule has 0 bridgehead atoms. The summed E-state index contributed by atoms with van der Waals surface area (Å²) in [5, 5.41) is 10.1. The van der Waals surface area contributed by atoms with Gasteiger partial charge in [0.25, 0.3) is 0 Å². The summed E-state index contributed by atoms with van der Waals surface area (Å²) < 4.78 is 20.5. The van der Waals surface area contributed by atoms with Crippen molar-refractivity contribution in [2.24, 2.45) is 0 Å². The van der Waals surface area contributed by atoms with Crippen molar-refractivity contribution in [3.63, 3.8) is 0 Å². The fourth-order valence-corrected chi connectivity index (χ4v) is 4.72. The molecule has 0 radical (unpaired) electrons. The highest BCUT2D eigenvalue weighted by molar-refractivity contribution is 6.31. The first-order valence-electron chi connectivity index (χ1n) is 11.1. The quantitative estimate of drug-likeness (QED) is 0.416. The van der Waals surface area contributed by atoms with Crippen molar-refractivity contribution in [2.75, 3.05) is 6.54 Å². The van der Waals surface area contributed by atoms with Gasteiger partial charge in [0.05, 0.1) is 13.0 Å².